The summed E-state index contributed by atoms with van der Waals surface area (Å²) >= 11 is 0. The predicted octanol–water partition coefficient (Wildman–Crippen LogP) is 4.58. The maximum absolute atomic E-state index is 12.3. The van der Waals surface area contributed by atoms with Gasteiger partial charge in [-0.2, -0.15) is 0 Å². The number of likely N-dealkylation sites (tertiary alicyclic amines) is 1. The van der Waals surface area contributed by atoms with Crippen LogP contribution in [0.5, 0.6) is 5.75 Å². The number of aromatic nitrogens is 1. The minimum atomic E-state index is -0.0347. The number of benzene rings is 2. The Morgan fingerprint density at radius 3 is 2.82 bits per heavy atom. The van der Waals surface area contributed by atoms with Gasteiger partial charge in [-0.25, -0.2) is 0 Å². The number of carbonyl (C=O) groups excluding carboxylic acids is 1. The second kappa shape index (κ2) is 6.45. The summed E-state index contributed by atoms with van der Waals surface area (Å²) in [5, 5.41) is 1.31. The van der Waals surface area contributed by atoms with Crippen LogP contribution in [0.25, 0.3) is 10.9 Å². The summed E-state index contributed by atoms with van der Waals surface area (Å²) in [6, 6.07) is 13.8. The Balaban J connectivity index is 1.57. The van der Waals surface area contributed by atoms with Gasteiger partial charge in [0.2, 0.25) is 5.91 Å². The summed E-state index contributed by atoms with van der Waals surface area (Å²) in [6.07, 6.45) is 3.21. The summed E-state index contributed by atoms with van der Waals surface area (Å²) < 4.78 is 9.49. The smallest absolute Gasteiger partial charge is 0.220 e. The topological polar surface area (TPSA) is 37.7 Å². The normalized spacial score (nSPS) is 30.6. The average Bonchev–Trinajstić information content (AvgIpc) is 3.31. The molecule has 2 aromatic carbocycles. The van der Waals surface area contributed by atoms with Crippen LogP contribution in [0.15, 0.2) is 36.4 Å². The molecule has 0 saturated carbocycles. The van der Waals surface area contributed by atoms with Gasteiger partial charge in [0.05, 0.1) is 23.3 Å². The number of carbonyl (C=O) groups is 1. The first kappa shape index (κ1) is 20.6. The molecule has 5 nitrogen and oxygen atoms in total. The molecule has 1 spiro atoms. The summed E-state index contributed by atoms with van der Waals surface area (Å²) in [4.78, 5) is 16.7. The van der Waals surface area contributed by atoms with E-state index in [-0.39, 0.29) is 22.8 Å². The summed E-state index contributed by atoms with van der Waals surface area (Å²) in [5.41, 5.74) is 8.18. The Morgan fingerprint density at radius 2 is 2.03 bits per heavy atom. The predicted molar refractivity (Wildman–Crippen MR) is 133 cm³/mol. The van der Waals surface area contributed by atoms with E-state index in [1.807, 2.05) is 11.9 Å². The number of rotatable bonds is 2. The Morgan fingerprint density at radius 1 is 1.24 bits per heavy atom. The number of aryl methyl sites for hydroxylation is 1. The van der Waals surface area contributed by atoms with Crippen LogP contribution in [0.4, 0.5) is 0 Å². The van der Waals surface area contributed by atoms with Crippen LogP contribution in [0, 0.1) is 12.3 Å². The molecule has 2 bridgehead atoms. The van der Waals surface area contributed by atoms with Gasteiger partial charge >= 0.3 is 0 Å². The fourth-order valence-corrected chi connectivity index (χ4v) is 8.17. The SMILES string of the molecule is CC(=O)N(C)Cn1c2c(c3ccccc31)C[C@@]1(C)[C@H]3Cc4ccc(C)c5c4[C@@]1(CCN3C)[C@H]2O5. The van der Waals surface area contributed by atoms with Crippen LogP contribution in [0.1, 0.15) is 54.3 Å². The van der Waals surface area contributed by atoms with Crippen molar-refractivity contribution in [2.45, 2.75) is 64.3 Å². The Labute approximate surface area is 201 Å². The van der Waals surface area contributed by atoms with Crippen molar-refractivity contribution in [3.63, 3.8) is 0 Å². The first-order chi connectivity index (χ1) is 16.3. The van der Waals surface area contributed by atoms with Crippen LogP contribution < -0.4 is 4.74 Å². The number of hydrogen-bond donors (Lipinski definition) is 0. The molecule has 34 heavy (non-hydrogen) atoms. The number of fused-ring (bicyclic) bond motifs is 4. The highest BCUT2D eigenvalue weighted by atomic mass is 16.5. The molecule has 0 radical (unpaired) electrons. The third-order valence-electron chi connectivity index (χ3n) is 9.93. The lowest BCUT2D eigenvalue weighted by Gasteiger charge is -2.64. The Hall–Kier alpha value is -2.79. The van der Waals surface area contributed by atoms with Crippen LogP contribution in [0.2, 0.25) is 0 Å². The molecule has 1 aromatic heterocycles. The first-order valence-electron chi connectivity index (χ1n) is 12.6. The molecule has 1 amide bonds. The Kier molecular flexibility index (Phi) is 3.90. The number of piperidine rings is 1. The zero-order chi connectivity index (χ0) is 23.6. The highest BCUT2D eigenvalue weighted by Gasteiger charge is 2.70. The minimum absolute atomic E-state index is 0.0274. The van der Waals surface area contributed by atoms with Crippen molar-refractivity contribution >= 4 is 16.8 Å². The van der Waals surface area contributed by atoms with Crippen LogP contribution in [-0.2, 0) is 29.7 Å². The third kappa shape index (κ3) is 2.18. The molecular formula is C29H33N3O2. The second-order valence-electron chi connectivity index (χ2n) is 11.4. The van der Waals surface area contributed by atoms with Gasteiger partial charge in [0, 0.05) is 36.4 Å². The molecule has 3 aromatic rings. The van der Waals surface area contributed by atoms with Gasteiger partial charge in [0.25, 0.3) is 0 Å². The standard InChI is InChI=1S/C29H33N3O2/c1-17-10-11-19-14-23-28(3)15-21-20-8-6-7-9-22(20)32(16-31(5)18(2)33)25(21)27-29(28,12-13-30(23)4)24(19)26(17)34-27/h6-11,23,27H,12-16H2,1-5H3/t23-,27+,28+,29+/m1/s1. The lowest BCUT2D eigenvalue weighted by Crippen LogP contribution is -2.68. The fourth-order valence-electron chi connectivity index (χ4n) is 8.17. The molecule has 2 aliphatic heterocycles. The second-order valence-corrected chi connectivity index (χ2v) is 11.4. The number of amides is 1. The van der Waals surface area contributed by atoms with Gasteiger partial charge in [-0.3, -0.25) is 4.79 Å². The Bertz CT molecular complexity index is 1390. The maximum Gasteiger partial charge on any atom is 0.220 e. The average molecular weight is 456 g/mol. The van der Waals surface area contributed by atoms with E-state index in [1.165, 1.54) is 38.9 Å². The monoisotopic (exact) mass is 455 g/mol. The minimum Gasteiger partial charge on any atom is -0.483 e. The van der Waals surface area contributed by atoms with Gasteiger partial charge in [0.1, 0.15) is 11.9 Å². The van der Waals surface area contributed by atoms with Crippen LogP contribution >= 0.6 is 0 Å². The first-order valence-corrected chi connectivity index (χ1v) is 12.6. The van der Waals surface area contributed by atoms with Crippen molar-refractivity contribution in [3.8, 4) is 5.75 Å². The van der Waals surface area contributed by atoms with E-state index in [0.29, 0.717) is 12.7 Å². The molecule has 2 aliphatic carbocycles. The van der Waals surface area contributed by atoms with E-state index in [2.05, 4.69) is 66.8 Å². The van der Waals surface area contributed by atoms with Crippen molar-refractivity contribution in [2.24, 2.45) is 5.41 Å². The molecule has 0 N–H and O–H groups in total. The summed E-state index contributed by atoms with van der Waals surface area (Å²) in [6.45, 7) is 8.02. The quantitative estimate of drug-likeness (QED) is 0.568. The molecule has 5 heteroatoms. The van der Waals surface area contributed by atoms with Crippen molar-refractivity contribution in [1.29, 1.82) is 0 Å². The van der Waals surface area contributed by atoms with E-state index in [9.17, 15) is 4.79 Å². The number of ether oxygens (including phenoxy) is 1. The third-order valence-corrected chi connectivity index (χ3v) is 9.93. The lowest BCUT2D eigenvalue weighted by molar-refractivity contribution is -0.129. The highest BCUT2D eigenvalue weighted by molar-refractivity contribution is 5.87. The van der Waals surface area contributed by atoms with Gasteiger partial charge in [-0.15, -0.1) is 0 Å². The van der Waals surface area contributed by atoms with Crippen molar-refractivity contribution in [1.82, 2.24) is 14.4 Å². The van der Waals surface area contributed by atoms with Gasteiger partial charge in [-0.05, 0) is 62.5 Å². The van der Waals surface area contributed by atoms with E-state index in [1.54, 1.807) is 6.92 Å². The highest BCUT2D eigenvalue weighted by Crippen LogP contribution is 2.71. The molecular weight excluding hydrogens is 422 g/mol. The molecule has 7 rings (SSSR count). The van der Waals surface area contributed by atoms with E-state index < -0.39 is 0 Å². The van der Waals surface area contributed by atoms with Gasteiger partial charge in [0.15, 0.2) is 0 Å². The number of para-hydroxylation sites is 1. The van der Waals surface area contributed by atoms with Crippen LogP contribution in [0.3, 0.4) is 0 Å². The van der Waals surface area contributed by atoms with E-state index >= 15 is 0 Å². The molecule has 176 valence electrons. The molecule has 4 aliphatic rings. The van der Waals surface area contributed by atoms with Gasteiger partial charge < -0.3 is 19.1 Å². The molecule has 0 unspecified atom stereocenters. The fraction of sp³-hybridized carbons (Fsp3) is 0.483. The lowest BCUT2D eigenvalue weighted by atomic mass is 9.44. The zero-order valence-electron chi connectivity index (χ0n) is 20.8. The number of hydrogen-bond acceptors (Lipinski definition) is 3. The molecule has 1 saturated heterocycles. The van der Waals surface area contributed by atoms with Crippen LogP contribution in [-0.4, -0.2) is 47.0 Å². The maximum atomic E-state index is 12.3. The number of likely N-dealkylation sites (N-methyl/N-ethyl adjacent to an activating group) is 1. The van der Waals surface area contributed by atoms with Crippen molar-refractivity contribution in [3.05, 3.63) is 64.3 Å². The van der Waals surface area contributed by atoms with Gasteiger partial charge in [-0.1, -0.05) is 37.3 Å². The molecule has 1 fully saturated rings. The molecule has 3 heterocycles. The molecule has 4 atom stereocenters. The zero-order valence-corrected chi connectivity index (χ0v) is 20.8. The largest absolute Gasteiger partial charge is 0.483 e. The van der Waals surface area contributed by atoms with Crippen molar-refractivity contribution in [2.75, 3.05) is 20.6 Å². The summed E-state index contributed by atoms with van der Waals surface area (Å²) in [7, 11) is 4.21. The van der Waals surface area contributed by atoms with Crippen molar-refractivity contribution < 1.29 is 9.53 Å². The van der Waals surface area contributed by atoms with E-state index in [4.69, 9.17) is 4.74 Å². The summed E-state index contributed by atoms with van der Waals surface area (Å²) in [5.74, 6) is 1.21. The number of nitrogens with zero attached hydrogens (tertiary/aromatic N) is 3. The van der Waals surface area contributed by atoms with E-state index in [0.717, 1.165) is 31.6 Å².